The Bertz CT molecular complexity index is 1160. The highest BCUT2D eigenvalue weighted by Crippen LogP contribution is 2.33. The van der Waals surface area contributed by atoms with Crippen LogP contribution in [0.3, 0.4) is 0 Å². The van der Waals surface area contributed by atoms with Crippen molar-refractivity contribution in [2.75, 3.05) is 19.6 Å². The summed E-state index contributed by atoms with van der Waals surface area (Å²) in [6.07, 6.45) is -9.39. The molecule has 192 valence electrons. The molecule has 0 aromatic heterocycles. The first-order chi connectivity index (χ1) is 16.2. The Labute approximate surface area is 198 Å². The highest BCUT2D eigenvalue weighted by Gasteiger charge is 2.37. The van der Waals surface area contributed by atoms with E-state index in [9.17, 15) is 39.6 Å². The largest absolute Gasteiger partial charge is 0.573 e. The van der Waals surface area contributed by atoms with E-state index in [4.69, 9.17) is 0 Å². The zero-order chi connectivity index (χ0) is 26.0. The number of para-hydroxylation sites is 1. The molecule has 13 heteroatoms. The van der Waals surface area contributed by atoms with Crippen LogP contribution >= 0.6 is 0 Å². The minimum absolute atomic E-state index is 0.0144. The Morgan fingerprint density at radius 3 is 2.23 bits per heavy atom. The van der Waals surface area contributed by atoms with E-state index in [1.165, 1.54) is 23.1 Å². The number of hydrogen-bond donors (Lipinski definition) is 0. The number of rotatable bonds is 6. The van der Waals surface area contributed by atoms with Crippen LogP contribution in [-0.2, 0) is 16.2 Å². The van der Waals surface area contributed by atoms with Crippen molar-refractivity contribution in [2.24, 2.45) is 0 Å². The molecule has 1 aliphatic heterocycles. The van der Waals surface area contributed by atoms with Crippen molar-refractivity contribution in [1.82, 2.24) is 9.21 Å². The number of alkyl halides is 6. The average molecular weight is 524 g/mol. The minimum Gasteiger partial charge on any atom is -0.405 e. The zero-order valence-corrected chi connectivity index (χ0v) is 19.3. The predicted octanol–water partition coefficient (Wildman–Crippen LogP) is 4.92. The van der Waals surface area contributed by atoms with Gasteiger partial charge in [-0.05, 0) is 43.2 Å². The molecule has 1 aliphatic rings. The van der Waals surface area contributed by atoms with E-state index < -0.39 is 50.7 Å². The molecular formula is C22H22F6N2O4S. The van der Waals surface area contributed by atoms with Crippen molar-refractivity contribution in [3.05, 3.63) is 59.7 Å². The molecule has 0 bridgehead atoms. The molecule has 0 unspecified atom stereocenters. The number of amides is 1. The van der Waals surface area contributed by atoms with E-state index in [0.717, 1.165) is 28.6 Å². The van der Waals surface area contributed by atoms with Gasteiger partial charge in [0, 0.05) is 25.7 Å². The van der Waals surface area contributed by atoms with E-state index in [-0.39, 0.29) is 38.0 Å². The monoisotopic (exact) mass is 524 g/mol. The van der Waals surface area contributed by atoms with E-state index in [0.29, 0.717) is 6.07 Å². The van der Waals surface area contributed by atoms with Gasteiger partial charge in [-0.1, -0.05) is 25.1 Å². The maximum atomic E-state index is 13.1. The van der Waals surface area contributed by atoms with Crippen molar-refractivity contribution in [3.8, 4) is 5.75 Å². The lowest BCUT2D eigenvalue weighted by molar-refractivity contribution is -0.274. The SMILES string of the molecule is CCN(C1CCN(C(=O)c2ccccc2OC(F)(F)F)CC1)S(=O)(=O)c1cccc(C(F)(F)F)c1. The van der Waals surface area contributed by atoms with Crippen molar-refractivity contribution in [1.29, 1.82) is 0 Å². The number of likely N-dealkylation sites (tertiary alicyclic amines) is 1. The summed E-state index contributed by atoms with van der Waals surface area (Å²) >= 11 is 0. The van der Waals surface area contributed by atoms with Gasteiger partial charge < -0.3 is 9.64 Å². The van der Waals surface area contributed by atoms with Crippen LogP contribution in [-0.4, -0.2) is 55.6 Å². The summed E-state index contributed by atoms with van der Waals surface area (Å²) in [7, 11) is -4.27. The summed E-state index contributed by atoms with van der Waals surface area (Å²) in [5, 5.41) is 0. The molecule has 0 radical (unpaired) electrons. The Morgan fingerprint density at radius 1 is 1.03 bits per heavy atom. The Balaban J connectivity index is 1.75. The number of ether oxygens (including phenoxy) is 1. The molecule has 3 rings (SSSR count). The fourth-order valence-electron chi connectivity index (χ4n) is 3.98. The van der Waals surface area contributed by atoms with Gasteiger partial charge in [0.1, 0.15) is 5.75 Å². The lowest BCUT2D eigenvalue weighted by Crippen LogP contribution is -2.48. The molecule has 0 aliphatic carbocycles. The second kappa shape index (κ2) is 10.1. The van der Waals surface area contributed by atoms with Crippen LogP contribution in [0.15, 0.2) is 53.4 Å². The lowest BCUT2D eigenvalue weighted by atomic mass is 10.0. The smallest absolute Gasteiger partial charge is 0.405 e. The molecule has 1 fully saturated rings. The second-order valence-corrected chi connectivity index (χ2v) is 9.69. The predicted molar refractivity (Wildman–Crippen MR) is 113 cm³/mol. The molecule has 1 heterocycles. The standard InChI is InChI=1S/C22H22F6N2O4S/c1-2-30(35(32,33)17-7-5-6-15(14-17)21(23,24)25)16-10-12-29(13-11-16)20(31)18-8-3-4-9-19(18)34-22(26,27)28/h3-9,14,16H,2,10-13H2,1H3. The van der Waals surface area contributed by atoms with Crippen LogP contribution in [0.4, 0.5) is 26.3 Å². The number of carbonyl (C=O) groups excluding carboxylic acids is 1. The quantitative estimate of drug-likeness (QED) is 0.504. The average Bonchev–Trinajstić information content (AvgIpc) is 2.78. The fourth-order valence-corrected chi connectivity index (χ4v) is 5.72. The van der Waals surface area contributed by atoms with E-state index in [2.05, 4.69) is 4.74 Å². The Kier molecular flexibility index (Phi) is 7.70. The normalized spacial score (nSPS) is 15.9. The first kappa shape index (κ1) is 26.8. The topological polar surface area (TPSA) is 66.9 Å². The van der Waals surface area contributed by atoms with Gasteiger partial charge in [-0.15, -0.1) is 13.2 Å². The molecule has 2 aromatic rings. The van der Waals surface area contributed by atoms with Crippen LogP contribution in [0.1, 0.15) is 35.7 Å². The van der Waals surface area contributed by atoms with Crippen LogP contribution in [0.25, 0.3) is 0 Å². The number of halogens is 6. The molecule has 35 heavy (non-hydrogen) atoms. The van der Waals surface area contributed by atoms with Gasteiger partial charge in [-0.25, -0.2) is 8.42 Å². The van der Waals surface area contributed by atoms with E-state index in [1.54, 1.807) is 6.92 Å². The summed E-state index contributed by atoms with van der Waals surface area (Å²) in [4.78, 5) is 13.6. The molecule has 2 aromatic carbocycles. The van der Waals surface area contributed by atoms with Gasteiger partial charge in [-0.2, -0.15) is 17.5 Å². The van der Waals surface area contributed by atoms with Gasteiger partial charge in [0.25, 0.3) is 5.91 Å². The highest BCUT2D eigenvalue weighted by atomic mass is 32.2. The van der Waals surface area contributed by atoms with Crippen LogP contribution < -0.4 is 4.74 Å². The van der Waals surface area contributed by atoms with Crippen LogP contribution in [0, 0.1) is 0 Å². The number of sulfonamides is 1. The number of nitrogens with zero attached hydrogens (tertiary/aromatic N) is 2. The summed E-state index contributed by atoms with van der Waals surface area (Å²) in [6, 6.07) is 7.76. The molecule has 0 saturated carbocycles. The highest BCUT2D eigenvalue weighted by molar-refractivity contribution is 7.89. The summed E-state index contributed by atoms with van der Waals surface area (Å²) in [5.74, 6) is -1.35. The van der Waals surface area contributed by atoms with Crippen molar-refractivity contribution in [2.45, 2.75) is 43.2 Å². The first-order valence-electron chi connectivity index (χ1n) is 10.6. The van der Waals surface area contributed by atoms with Gasteiger partial charge in [0.05, 0.1) is 16.0 Å². The van der Waals surface area contributed by atoms with Gasteiger partial charge >= 0.3 is 12.5 Å². The number of hydrogen-bond acceptors (Lipinski definition) is 4. The molecule has 6 nitrogen and oxygen atoms in total. The van der Waals surface area contributed by atoms with Gasteiger partial charge in [0.15, 0.2) is 0 Å². The van der Waals surface area contributed by atoms with Crippen molar-refractivity contribution in [3.63, 3.8) is 0 Å². The molecule has 0 atom stereocenters. The number of benzene rings is 2. The third-order valence-corrected chi connectivity index (χ3v) is 7.61. The van der Waals surface area contributed by atoms with E-state index >= 15 is 0 Å². The maximum absolute atomic E-state index is 13.1. The zero-order valence-electron chi connectivity index (χ0n) is 18.4. The Hall–Kier alpha value is -2.80. The summed E-state index contributed by atoms with van der Waals surface area (Å²) < 4.78 is 108. The second-order valence-electron chi connectivity index (χ2n) is 7.80. The number of carbonyl (C=O) groups is 1. The van der Waals surface area contributed by atoms with Crippen molar-refractivity contribution >= 4 is 15.9 Å². The lowest BCUT2D eigenvalue weighted by Gasteiger charge is -2.37. The fraction of sp³-hybridized carbons (Fsp3) is 0.409. The Morgan fingerprint density at radius 2 is 1.66 bits per heavy atom. The number of piperidine rings is 1. The minimum atomic E-state index is -4.98. The maximum Gasteiger partial charge on any atom is 0.573 e. The summed E-state index contributed by atoms with van der Waals surface area (Å²) in [5.41, 5.74) is -1.37. The van der Waals surface area contributed by atoms with Crippen molar-refractivity contribution < 1.29 is 44.3 Å². The first-order valence-corrected chi connectivity index (χ1v) is 12.0. The third-order valence-electron chi connectivity index (χ3n) is 5.58. The molecule has 0 spiro atoms. The molecule has 0 N–H and O–H groups in total. The van der Waals surface area contributed by atoms with Gasteiger partial charge in [0.2, 0.25) is 10.0 Å². The third kappa shape index (κ3) is 6.26. The molecule has 1 saturated heterocycles. The molecular weight excluding hydrogens is 502 g/mol. The van der Waals surface area contributed by atoms with Crippen LogP contribution in [0.5, 0.6) is 5.75 Å². The summed E-state index contributed by atoms with van der Waals surface area (Å²) in [6.45, 7) is 1.61. The van der Waals surface area contributed by atoms with E-state index in [1.807, 2.05) is 0 Å². The van der Waals surface area contributed by atoms with Crippen LogP contribution in [0.2, 0.25) is 0 Å². The van der Waals surface area contributed by atoms with Gasteiger partial charge in [-0.3, -0.25) is 4.79 Å². The molecule has 1 amide bonds.